The van der Waals surface area contributed by atoms with Gasteiger partial charge in [-0.2, -0.15) is 10.5 Å². The van der Waals surface area contributed by atoms with Gasteiger partial charge in [0.25, 0.3) is 0 Å². The van der Waals surface area contributed by atoms with Crippen LogP contribution in [-0.4, -0.2) is 11.6 Å². The van der Waals surface area contributed by atoms with Gasteiger partial charge < -0.3 is 0 Å². The highest BCUT2D eigenvalue weighted by Crippen LogP contribution is 2.14. The smallest absolute Gasteiger partial charge is 0.171 e. The zero-order valence-electron chi connectivity index (χ0n) is 10.2. The van der Waals surface area contributed by atoms with Gasteiger partial charge in [0.1, 0.15) is 5.78 Å². The predicted octanol–water partition coefficient (Wildman–Crippen LogP) is 2.23. The Kier molecular flexibility index (Phi) is 4.34. The second kappa shape index (κ2) is 5.75. The molecule has 1 rings (SSSR count). The standard InChI is InChI=1S/C14H12N2O2/c1-9(2)13(17)6-14(18)12-4-3-10(7-15)5-11(12)8-16/h3-5,9H,6H2,1-2H3. The number of nitrogens with zero attached hydrogens (tertiary/aromatic N) is 2. The van der Waals surface area contributed by atoms with E-state index in [4.69, 9.17) is 10.5 Å². The molecule has 0 spiro atoms. The monoisotopic (exact) mass is 240 g/mol. The van der Waals surface area contributed by atoms with Gasteiger partial charge in [0, 0.05) is 11.5 Å². The van der Waals surface area contributed by atoms with Crippen molar-refractivity contribution in [3.05, 3.63) is 34.9 Å². The van der Waals surface area contributed by atoms with Crippen molar-refractivity contribution >= 4 is 11.6 Å². The molecule has 0 radical (unpaired) electrons. The highest BCUT2D eigenvalue weighted by Gasteiger charge is 2.17. The molecular weight excluding hydrogens is 228 g/mol. The molecule has 1 aromatic rings. The zero-order valence-corrected chi connectivity index (χ0v) is 10.2. The Morgan fingerprint density at radius 2 is 1.89 bits per heavy atom. The number of rotatable bonds is 4. The van der Waals surface area contributed by atoms with Gasteiger partial charge in [-0.15, -0.1) is 0 Å². The number of carbonyl (C=O) groups is 2. The number of Topliss-reactive ketones (excluding diaryl/α,β-unsaturated/α-hetero) is 2. The Labute approximate surface area is 105 Å². The fourth-order valence-electron chi connectivity index (χ4n) is 1.41. The summed E-state index contributed by atoms with van der Waals surface area (Å²) in [6.45, 7) is 3.44. The van der Waals surface area contributed by atoms with Crippen LogP contribution in [0.1, 0.15) is 41.8 Å². The average molecular weight is 240 g/mol. The molecule has 0 aromatic heterocycles. The van der Waals surface area contributed by atoms with Gasteiger partial charge in [-0.05, 0) is 18.2 Å². The molecule has 0 atom stereocenters. The van der Waals surface area contributed by atoms with Crippen molar-refractivity contribution in [1.29, 1.82) is 10.5 Å². The molecule has 1 aromatic carbocycles. The molecule has 0 aliphatic carbocycles. The predicted molar refractivity (Wildman–Crippen MR) is 64.7 cm³/mol. The van der Waals surface area contributed by atoms with Gasteiger partial charge in [-0.1, -0.05) is 13.8 Å². The first kappa shape index (κ1) is 13.6. The largest absolute Gasteiger partial charge is 0.299 e. The number of ketones is 2. The molecule has 0 saturated heterocycles. The van der Waals surface area contributed by atoms with Crippen molar-refractivity contribution < 1.29 is 9.59 Å². The fraction of sp³-hybridized carbons (Fsp3) is 0.286. The summed E-state index contributed by atoms with van der Waals surface area (Å²) in [5, 5.41) is 17.6. The van der Waals surface area contributed by atoms with Crippen molar-refractivity contribution in [3.63, 3.8) is 0 Å². The van der Waals surface area contributed by atoms with Crippen LogP contribution >= 0.6 is 0 Å². The summed E-state index contributed by atoms with van der Waals surface area (Å²) in [4.78, 5) is 23.4. The van der Waals surface area contributed by atoms with Crippen LogP contribution in [-0.2, 0) is 4.79 Å². The van der Waals surface area contributed by atoms with E-state index in [1.807, 2.05) is 12.1 Å². The second-order valence-corrected chi connectivity index (χ2v) is 4.20. The minimum atomic E-state index is -0.380. The van der Waals surface area contributed by atoms with Crippen molar-refractivity contribution in [2.75, 3.05) is 0 Å². The normalized spacial score (nSPS) is 9.61. The van der Waals surface area contributed by atoms with Crippen LogP contribution < -0.4 is 0 Å². The Hall–Kier alpha value is -2.46. The quantitative estimate of drug-likeness (QED) is 0.596. The average Bonchev–Trinajstić information content (AvgIpc) is 2.37. The van der Waals surface area contributed by atoms with Crippen molar-refractivity contribution in [2.45, 2.75) is 20.3 Å². The molecule has 18 heavy (non-hydrogen) atoms. The molecule has 0 aliphatic rings. The number of carbonyl (C=O) groups excluding carboxylic acids is 2. The number of hydrogen-bond donors (Lipinski definition) is 0. The maximum atomic E-state index is 11.9. The molecule has 0 heterocycles. The van der Waals surface area contributed by atoms with E-state index in [9.17, 15) is 9.59 Å². The van der Waals surface area contributed by atoms with E-state index in [-0.39, 0.29) is 35.0 Å². The van der Waals surface area contributed by atoms with Gasteiger partial charge in [0.05, 0.1) is 29.7 Å². The lowest BCUT2D eigenvalue weighted by atomic mass is 9.96. The molecule has 0 saturated carbocycles. The molecule has 90 valence electrons. The molecule has 0 N–H and O–H groups in total. The van der Waals surface area contributed by atoms with E-state index in [1.165, 1.54) is 18.2 Å². The third kappa shape index (κ3) is 3.02. The summed E-state index contributed by atoms with van der Waals surface area (Å²) >= 11 is 0. The Bertz CT molecular complexity index is 574. The lowest BCUT2D eigenvalue weighted by Crippen LogP contribution is -2.14. The number of benzene rings is 1. The van der Waals surface area contributed by atoms with Crippen molar-refractivity contribution in [1.82, 2.24) is 0 Å². The van der Waals surface area contributed by atoms with Gasteiger partial charge in [0.15, 0.2) is 5.78 Å². The van der Waals surface area contributed by atoms with E-state index in [1.54, 1.807) is 13.8 Å². The third-order valence-electron chi connectivity index (χ3n) is 2.55. The number of hydrogen-bond acceptors (Lipinski definition) is 4. The van der Waals surface area contributed by atoms with Gasteiger partial charge >= 0.3 is 0 Å². The molecule has 0 aliphatic heterocycles. The molecule has 0 fully saturated rings. The summed E-state index contributed by atoms with van der Waals surface area (Å²) in [6.07, 6.45) is -0.210. The molecule has 4 nitrogen and oxygen atoms in total. The first-order valence-electron chi connectivity index (χ1n) is 5.49. The third-order valence-corrected chi connectivity index (χ3v) is 2.55. The summed E-state index contributed by atoms with van der Waals surface area (Å²) in [6, 6.07) is 8.01. The van der Waals surface area contributed by atoms with Crippen molar-refractivity contribution in [2.24, 2.45) is 5.92 Å². The first-order valence-corrected chi connectivity index (χ1v) is 5.49. The first-order chi connectivity index (χ1) is 8.49. The van der Waals surface area contributed by atoms with Gasteiger partial charge in [-0.25, -0.2) is 0 Å². The van der Waals surface area contributed by atoms with Crippen LogP contribution in [0.25, 0.3) is 0 Å². The minimum absolute atomic E-state index is 0.135. The van der Waals surface area contributed by atoms with Gasteiger partial charge in [0.2, 0.25) is 0 Å². The van der Waals surface area contributed by atoms with E-state index in [0.29, 0.717) is 5.56 Å². The molecule has 0 unspecified atom stereocenters. The van der Waals surface area contributed by atoms with Crippen LogP contribution in [0.5, 0.6) is 0 Å². The highest BCUT2D eigenvalue weighted by atomic mass is 16.1. The summed E-state index contributed by atoms with van der Waals surface area (Å²) in [7, 11) is 0. The Balaban J connectivity index is 3.04. The fourth-order valence-corrected chi connectivity index (χ4v) is 1.41. The van der Waals surface area contributed by atoms with Crippen LogP contribution in [0.4, 0.5) is 0 Å². The van der Waals surface area contributed by atoms with Gasteiger partial charge in [-0.3, -0.25) is 9.59 Å². The number of nitriles is 2. The molecule has 0 bridgehead atoms. The Morgan fingerprint density at radius 1 is 1.22 bits per heavy atom. The SMILES string of the molecule is CC(C)C(=O)CC(=O)c1ccc(C#N)cc1C#N. The van der Waals surface area contributed by atoms with E-state index >= 15 is 0 Å². The topological polar surface area (TPSA) is 81.7 Å². The van der Waals surface area contributed by atoms with E-state index in [0.717, 1.165) is 0 Å². The maximum Gasteiger partial charge on any atom is 0.171 e. The van der Waals surface area contributed by atoms with E-state index < -0.39 is 0 Å². The summed E-state index contributed by atoms with van der Waals surface area (Å²) < 4.78 is 0. The van der Waals surface area contributed by atoms with E-state index in [2.05, 4.69) is 0 Å². The lowest BCUT2D eigenvalue weighted by molar-refractivity contribution is -0.121. The van der Waals surface area contributed by atoms with Crippen LogP contribution in [0, 0.1) is 28.6 Å². The molecule has 0 amide bonds. The summed E-state index contributed by atoms with van der Waals surface area (Å²) in [5.41, 5.74) is 0.652. The second-order valence-electron chi connectivity index (χ2n) is 4.20. The Morgan fingerprint density at radius 3 is 2.39 bits per heavy atom. The summed E-state index contributed by atoms with van der Waals surface area (Å²) in [5.74, 6) is -0.749. The van der Waals surface area contributed by atoms with Crippen molar-refractivity contribution in [3.8, 4) is 12.1 Å². The zero-order chi connectivity index (χ0) is 13.7. The van der Waals surface area contributed by atoms with Crippen LogP contribution in [0.15, 0.2) is 18.2 Å². The van der Waals surface area contributed by atoms with Crippen LogP contribution in [0.3, 0.4) is 0 Å². The minimum Gasteiger partial charge on any atom is -0.299 e. The van der Waals surface area contributed by atoms with Crippen LogP contribution in [0.2, 0.25) is 0 Å². The molecule has 4 heteroatoms. The highest BCUT2D eigenvalue weighted by molar-refractivity contribution is 6.09. The maximum absolute atomic E-state index is 11.9. The lowest BCUT2D eigenvalue weighted by Gasteiger charge is -2.05. The molecular formula is C14H12N2O2.